The Bertz CT molecular complexity index is 665. The van der Waals surface area contributed by atoms with Crippen LogP contribution in [0.4, 0.5) is 5.82 Å². The SMILES string of the molecule is COc1ccccc1Cc1nn(C(N)=S)c2c1CCN2. The second kappa shape index (κ2) is 5.13. The molecule has 20 heavy (non-hydrogen) atoms. The van der Waals surface area contributed by atoms with Gasteiger partial charge in [0.25, 0.3) is 0 Å². The molecule has 3 rings (SSSR count). The zero-order chi connectivity index (χ0) is 14.1. The van der Waals surface area contributed by atoms with Gasteiger partial charge >= 0.3 is 0 Å². The van der Waals surface area contributed by atoms with Gasteiger partial charge in [0.1, 0.15) is 11.6 Å². The number of hydrogen-bond acceptors (Lipinski definition) is 4. The maximum absolute atomic E-state index is 5.72. The molecule has 2 aromatic rings. The van der Waals surface area contributed by atoms with Crippen molar-refractivity contribution in [1.82, 2.24) is 9.78 Å². The summed E-state index contributed by atoms with van der Waals surface area (Å²) in [6.45, 7) is 0.898. The number of anilines is 1. The predicted molar refractivity (Wildman–Crippen MR) is 82.4 cm³/mol. The standard InChI is InChI=1S/C14H16N4OS/c1-19-12-5-3-2-4-9(12)8-11-10-6-7-16-13(10)18(17-11)14(15)20/h2-5,16H,6-8H2,1H3,(H2,15,20). The van der Waals surface area contributed by atoms with Crippen molar-refractivity contribution in [3.8, 4) is 5.75 Å². The molecule has 3 N–H and O–H groups in total. The minimum absolute atomic E-state index is 0.266. The van der Waals surface area contributed by atoms with Crippen molar-refractivity contribution in [2.75, 3.05) is 19.0 Å². The van der Waals surface area contributed by atoms with E-state index in [0.29, 0.717) is 6.42 Å². The number of fused-ring (bicyclic) bond motifs is 1. The van der Waals surface area contributed by atoms with Crippen LogP contribution in [0, 0.1) is 0 Å². The van der Waals surface area contributed by atoms with E-state index in [2.05, 4.69) is 10.4 Å². The summed E-state index contributed by atoms with van der Waals surface area (Å²) in [7, 11) is 1.68. The van der Waals surface area contributed by atoms with Gasteiger partial charge in [-0.15, -0.1) is 0 Å². The molecule has 5 nitrogen and oxygen atoms in total. The summed E-state index contributed by atoms with van der Waals surface area (Å²) in [5.74, 6) is 1.81. The number of nitrogens with zero attached hydrogens (tertiary/aromatic N) is 2. The molecule has 104 valence electrons. The Hall–Kier alpha value is -2.08. The topological polar surface area (TPSA) is 65.1 Å². The van der Waals surface area contributed by atoms with E-state index in [1.54, 1.807) is 11.8 Å². The van der Waals surface area contributed by atoms with Gasteiger partial charge in [0, 0.05) is 24.1 Å². The first-order valence-corrected chi connectivity index (χ1v) is 6.88. The van der Waals surface area contributed by atoms with Crippen molar-refractivity contribution >= 4 is 23.1 Å². The van der Waals surface area contributed by atoms with Crippen LogP contribution in [0.15, 0.2) is 24.3 Å². The van der Waals surface area contributed by atoms with Crippen LogP contribution in [-0.2, 0) is 12.8 Å². The van der Waals surface area contributed by atoms with Gasteiger partial charge in [-0.1, -0.05) is 18.2 Å². The maximum Gasteiger partial charge on any atom is 0.193 e. The van der Waals surface area contributed by atoms with Crippen molar-refractivity contribution in [3.05, 3.63) is 41.1 Å². The van der Waals surface area contributed by atoms with Crippen molar-refractivity contribution in [2.24, 2.45) is 5.73 Å². The Balaban J connectivity index is 1.99. The number of thiocarbonyl (C=S) groups is 1. The summed E-state index contributed by atoms with van der Waals surface area (Å²) in [5, 5.41) is 8.09. The minimum Gasteiger partial charge on any atom is -0.496 e. The minimum atomic E-state index is 0.266. The van der Waals surface area contributed by atoms with Crippen LogP contribution in [0.2, 0.25) is 0 Å². The van der Waals surface area contributed by atoms with Gasteiger partial charge in [0.05, 0.1) is 12.8 Å². The molecule has 1 aromatic carbocycles. The third-order valence-electron chi connectivity index (χ3n) is 3.49. The second-order valence-corrected chi connectivity index (χ2v) is 5.11. The van der Waals surface area contributed by atoms with E-state index < -0.39 is 0 Å². The first kappa shape index (κ1) is 12.9. The third-order valence-corrected chi connectivity index (χ3v) is 3.67. The Labute approximate surface area is 122 Å². The number of nitrogens with one attached hydrogen (secondary N) is 1. The van der Waals surface area contributed by atoms with Crippen LogP contribution in [0.5, 0.6) is 5.75 Å². The first-order valence-electron chi connectivity index (χ1n) is 6.47. The highest BCUT2D eigenvalue weighted by Gasteiger charge is 2.23. The Kier molecular flexibility index (Phi) is 3.31. The van der Waals surface area contributed by atoms with Gasteiger partial charge in [-0.25, -0.2) is 0 Å². The monoisotopic (exact) mass is 288 g/mol. The molecule has 0 saturated carbocycles. The smallest absolute Gasteiger partial charge is 0.193 e. The van der Waals surface area contributed by atoms with Gasteiger partial charge in [0.2, 0.25) is 0 Å². The summed E-state index contributed by atoms with van der Waals surface area (Å²) >= 11 is 5.04. The third kappa shape index (κ3) is 2.12. The molecule has 0 atom stereocenters. The average molecular weight is 288 g/mol. The highest BCUT2D eigenvalue weighted by Crippen LogP contribution is 2.29. The fourth-order valence-corrected chi connectivity index (χ4v) is 2.71. The average Bonchev–Trinajstić information content (AvgIpc) is 3.03. The lowest BCUT2D eigenvalue weighted by atomic mass is 10.0. The molecular formula is C14H16N4OS. The number of hydrogen-bond donors (Lipinski definition) is 2. The molecule has 0 aliphatic carbocycles. The van der Waals surface area contributed by atoms with Crippen LogP contribution in [0.3, 0.4) is 0 Å². The van der Waals surface area contributed by atoms with Crippen molar-refractivity contribution in [2.45, 2.75) is 12.8 Å². The largest absolute Gasteiger partial charge is 0.496 e. The molecule has 0 fully saturated rings. The quantitative estimate of drug-likeness (QED) is 0.839. The molecule has 0 saturated heterocycles. The number of rotatable bonds is 3. The maximum atomic E-state index is 5.72. The summed E-state index contributed by atoms with van der Waals surface area (Å²) in [6.07, 6.45) is 1.66. The van der Waals surface area contributed by atoms with E-state index in [1.807, 2.05) is 24.3 Å². The molecule has 0 unspecified atom stereocenters. The van der Waals surface area contributed by atoms with Crippen LogP contribution in [0.25, 0.3) is 0 Å². The van der Waals surface area contributed by atoms with E-state index in [1.165, 1.54) is 5.56 Å². The van der Waals surface area contributed by atoms with Crippen LogP contribution in [-0.4, -0.2) is 28.5 Å². The zero-order valence-corrected chi connectivity index (χ0v) is 12.0. The van der Waals surface area contributed by atoms with E-state index in [4.69, 9.17) is 22.7 Å². The Morgan fingerprint density at radius 3 is 3.05 bits per heavy atom. The molecule has 0 amide bonds. The summed E-state index contributed by atoms with van der Waals surface area (Å²) in [6, 6.07) is 7.97. The number of benzene rings is 1. The molecule has 2 heterocycles. The van der Waals surface area contributed by atoms with Crippen LogP contribution >= 0.6 is 12.2 Å². The number of methoxy groups -OCH3 is 1. The van der Waals surface area contributed by atoms with Crippen molar-refractivity contribution in [1.29, 1.82) is 0 Å². The van der Waals surface area contributed by atoms with Gasteiger partial charge in [-0.3, -0.25) is 0 Å². The fraction of sp³-hybridized carbons (Fsp3) is 0.286. The van der Waals surface area contributed by atoms with E-state index in [9.17, 15) is 0 Å². The normalized spacial score (nSPS) is 12.8. The van der Waals surface area contributed by atoms with Gasteiger partial charge in [-0.2, -0.15) is 9.78 Å². The van der Waals surface area contributed by atoms with Gasteiger partial charge in [0.15, 0.2) is 5.11 Å². The number of ether oxygens (including phenoxy) is 1. The van der Waals surface area contributed by atoms with E-state index in [0.717, 1.165) is 35.8 Å². The molecule has 0 bridgehead atoms. The molecule has 1 aromatic heterocycles. The second-order valence-electron chi connectivity index (χ2n) is 4.69. The van der Waals surface area contributed by atoms with Crippen molar-refractivity contribution < 1.29 is 4.74 Å². The first-order chi connectivity index (χ1) is 9.70. The number of para-hydroxylation sites is 1. The Morgan fingerprint density at radius 1 is 1.50 bits per heavy atom. The van der Waals surface area contributed by atoms with Crippen LogP contribution in [0.1, 0.15) is 16.8 Å². The lowest BCUT2D eigenvalue weighted by molar-refractivity contribution is 0.410. The summed E-state index contributed by atoms with van der Waals surface area (Å²) < 4.78 is 7.00. The highest BCUT2D eigenvalue weighted by atomic mass is 32.1. The highest BCUT2D eigenvalue weighted by molar-refractivity contribution is 7.80. The summed E-state index contributed by atoms with van der Waals surface area (Å²) in [4.78, 5) is 0. The lowest BCUT2D eigenvalue weighted by Crippen LogP contribution is -2.22. The Morgan fingerprint density at radius 2 is 2.30 bits per heavy atom. The molecule has 1 aliphatic heterocycles. The lowest BCUT2D eigenvalue weighted by Gasteiger charge is -2.07. The zero-order valence-electron chi connectivity index (χ0n) is 11.2. The molecular weight excluding hydrogens is 272 g/mol. The molecule has 0 spiro atoms. The fourth-order valence-electron chi connectivity index (χ4n) is 2.58. The molecule has 0 radical (unpaired) electrons. The molecule has 1 aliphatic rings. The van der Waals surface area contributed by atoms with Gasteiger partial charge < -0.3 is 15.8 Å². The molecule has 6 heteroatoms. The van der Waals surface area contributed by atoms with Crippen molar-refractivity contribution in [3.63, 3.8) is 0 Å². The summed E-state index contributed by atoms with van der Waals surface area (Å²) in [5.41, 5.74) is 9.03. The number of nitrogens with two attached hydrogens (primary N) is 1. The number of aromatic nitrogens is 2. The predicted octanol–water partition coefficient (Wildman–Crippen LogP) is 1.54. The van der Waals surface area contributed by atoms with Gasteiger partial charge in [-0.05, 0) is 24.7 Å². The van der Waals surface area contributed by atoms with E-state index in [-0.39, 0.29) is 5.11 Å². The van der Waals surface area contributed by atoms with E-state index >= 15 is 0 Å². The van der Waals surface area contributed by atoms with Crippen LogP contribution < -0.4 is 15.8 Å².